The number of hydrogen-bond donors (Lipinski definition) is 1. The summed E-state index contributed by atoms with van der Waals surface area (Å²) in [4.78, 5) is 25.5. The first-order valence-corrected chi connectivity index (χ1v) is 6.97. The Morgan fingerprint density at radius 1 is 1.30 bits per heavy atom. The number of carbonyl (C=O) groups excluding carboxylic acids is 1. The molecule has 0 saturated carbocycles. The molecule has 6 heteroatoms. The SMILES string of the molecule is CC(C)N(Cc1ccco1)C(=O)c1ccc(C(=O)O)s1. The molecule has 5 nitrogen and oxygen atoms in total. The second-order valence-electron chi connectivity index (χ2n) is 4.58. The zero-order valence-electron chi connectivity index (χ0n) is 11.2. The highest BCUT2D eigenvalue weighted by atomic mass is 32.1. The first-order chi connectivity index (χ1) is 9.49. The maximum atomic E-state index is 12.5. The Labute approximate surface area is 120 Å². The van der Waals surface area contributed by atoms with Crippen molar-refractivity contribution in [3.05, 3.63) is 46.0 Å². The maximum absolute atomic E-state index is 12.5. The topological polar surface area (TPSA) is 70.8 Å². The van der Waals surface area contributed by atoms with Crippen molar-refractivity contribution in [2.75, 3.05) is 0 Å². The summed E-state index contributed by atoms with van der Waals surface area (Å²) in [6.07, 6.45) is 1.56. The first kappa shape index (κ1) is 14.3. The largest absolute Gasteiger partial charge is 0.477 e. The third kappa shape index (κ3) is 3.08. The molecule has 0 spiro atoms. The van der Waals surface area contributed by atoms with Crippen molar-refractivity contribution in [2.24, 2.45) is 0 Å². The molecule has 0 radical (unpaired) electrons. The van der Waals surface area contributed by atoms with E-state index in [-0.39, 0.29) is 16.8 Å². The molecule has 0 aliphatic carbocycles. The fourth-order valence-electron chi connectivity index (χ4n) is 1.77. The summed E-state index contributed by atoms with van der Waals surface area (Å²) in [7, 11) is 0. The van der Waals surface area contributed by atoms with Gasteiger partial charge in [-0.15, -0.1) is 11.3 Å². The number of thiophene rings is 1. The Bertz CT molecular complexity index is 600. The second kappa shape index (κ2) is 5.92. The number of aromatic carboxylic acids is 1. The normalized spacial score (nSPS) is 10.8. The minimum atomic E-state index is -1.02. The van der Waals surface area contributed by atoms with Gasteiger partial charge in [-0.3, -0.25) is 4.79 Å². The number of hydrogen-bond acceptors (Lipinski definition) is 4. The quantitative estimate of drug-likeness (QED) is 0.919. The summed E-state index contributed by atoms with van der Waals surface area (Å²) in [5, 5.41) is 8.91. The van der Waals surface area contributed by atoms with Gasteiger partial charge >= 0.3 is 5.97 Å². The van der Waals surface area contributed by atoms with Gasteiger partial charge in [-0.2, -0.15) is 0 Å². The van der Waals surface area contributed by atoms with Gasteiger partial charge in [0.1, 0.15) is 10.6 Å². The summed E-state index contributed by atoms with van der Waals surface area (Å²) >= 11 is 0.986. The lowest BCUT2D eigenvalue weighted by Crippen LogP contribution is -2.35. The molecule has 0 fully saturated rings. The van der Waals surface area contributed by atoms with E-state index in [1.54, 1.807) is 29.4 Å². The van der Waals surface area contributed by atoms with Gasteiger partial charge in [0.05, 0.1) is 17.7 Å². The van der Waals surface area contributed by atoms with E-state index >= 15 is 0 Å². The predicted octanol–water partition coefficient (Wildman–Crippen LogP) is 3.09. The highest BCUT2D eigenvalue weighted by Gasteiger charge is 2.22. The second-order valence-corrected chi connectivity index (χ2v) is 5.66. The molecular formula is C14H15NO4S. The van der Waals surface area contributed by atoms with Gasteiger partial charge in [0.15, 0.2) is 0 Å². The van der Waals surface area contributed by atoms with Crippen LogP contribution in [0.5, 0.6) is 0 Å². The fourth-order valence-corrected chi connectivity index (χ4v) is 2.57. The Morgan fingerprint density at radius 2 is 2.00 bits per heavy atom. The molecular weight excluding hydrogens is 278 g/mol. The van der Waals surface area contributed by atoms with E-state index in [9.17, 15) is 9.59 Å². The Morgan fingerprint density at radius 3 is 2.50 bits per heavy atom. The van der Waals surface area contributed by atoms with Crippen LogP contribution in [0.3, 0.4) is 0 Å². The number of carboxylic acids is 1. The van der Waals surface area contributed by atoms with Gasteiger partial charge in [0, 0.05) is 6.04 Å². The molecule has 2 heterocycles. The molecule has 0 unspecified atom stereocenters. The summed E-state index contributed by atoms with van der Waals surface area (Å²) in [6, 6.07) is 6.56. The van der Waals surface area contributed by atoms with Crippen molar-refractivity contribution < 1.29 is 19.1 Å². The lowest BCUT2D eigenvalue weighted by Gasteiger charge is -2.25. The molecule has 2 aromatic rings. The first-order valence-electron chi connectivity index (χ1n) is 6.15. The van der Waals surface area contributed by atoms with Gasteiger partial charge in [0.25, 0.3) is 5.91 Å². The minimum absolute atomic E-state index is 0.0111. The Hall–Kier alpha value is -2.08. The van der Waals surface area contributed by atoms with Crippen LogP contribution >= 0.6 is 11.3 Å². The number of amides is 1. The van der Waals surface area contributed by atoms with Crippen molar-refractivity contribution >= 4 is 23.2 Å². The summed E-state index contributed by atoms with van der Waals surface area (Å²) in [6.45, 7) is 4.18. The van der Waals surface area contributed by atoms with Crippen LogP contribution in [0.1, 0.15) is 39.0 Å². The van der Waals surface area contributed by atoms with Crippen LogP contribution in [-0.2, 0) is 6.54 Å². The van der Waals surface area contributed by atoms with Crippen LogP contribution in [0.4, 0.5) is 0 Å². The van der Waals surface area contributed by atoms with E-state index in [2.05, 4.69) is 0 Å². The number of rotatable bonds is 5. The van der Waals surface area contributed by atoms with Crippen LogP contribution < -0.4 is 0 Å². The lowest BCUT2D eigenvalue weighted by atomic mass is 10.2. The maximum Gasteiger partial charge on any atom is 0.345 e. The van der Waals surface area contributed by atoms with E-state index in [0.717, 1.165) is 11.3 Å². The van der Waals surface area contributed by atoms with Crippen LogP contribution in [0.2, 0.25) is 0 Å². The zero-order chi connectivity index (χ0) is 14.7. The molecule has 0 aliphatic heterocycles. The van der Waals surface area contributed by atoms with Crippen LogP contribution in [-0.4, -0.2) is 27.9 Å². The summed E-state index contributed by atoms with van der Waals surface area (Å²) in [5.74, 6) is -0.507. The van der Waals surface area contributed by atoms with Crippen molar-refractivity contribution in [3.8, 4) is 0 Å². The third-order valence-corrected chi connectivity index (χ3v) is 3.88. The van der Waals surface area contributed by atoms with E-state index < -0.39 is 5.97 Å². The van der Waals surface area contributed by atoms with Gasteiger partial charge < -0.3 is 14.4 Å². The van der Waals surface area contributed by atoms with Crippen molar-refractivity contribution in [3.63, 3.8) is 0 Å². The summed E-state index contributed by atoms with van der Waals surface area (Å²) < 4.78 is 5.26. The van der Waals surface area contributed by atoms with E-state index in [0.29, 0.717) is 17.2 Å². The average Bonchev–Trinajstić information content (AvgIpc) is 3.06. The summed E-state index contributed by atoms with van der Waals surface area (Å²) in [5.41, 5.74) is 0. The lowest BCUT2D eigenvalue weighted by molar-refractivity contribution is 0.0679. The molecule has 0 saturated heterocycles. The molecule has 2 rings (SSSR count). The zero-order valence-corrected chi connectivity index (χ0v) is 12.0. The fraction of sp³-hybridized carbons (Fsp3) is 0.286. The van der Waals surface area contributed by atoms with Crippen LogP contribution in [0.25, 0.3) is 0 Å². The molecule has 0 aliphatic rings. The molecule has 0 atom stereocenters. The number of nitrogens with zero attached hydrogens (tertiary/aromatic N) is 1. The third-order valence-electron chi connectivity index (χ3n) is 2.82. The molecule has 0 aromatic carbocycles. The van der Waals surface area contributed by atoms with Crippen molar-refractivity contribution in [1.29, 1.82) is 0 Å². The number of furan rings is 1. The van der Waals surface area contributed by atoms with Crippen molar-refractivity contribution in [2.45, 2.75) is 26.4 Å². The predicted molar refractivity (Wildman–Crippen MR) is 75.0 cm³/mol. The smallest absolute Gasteiger partial charge is 0.345 e. The Kier molecular flexibility index (Phi) is 4.24. The van der Waals surface area contributed by atoms with Gasteiger partial charge in [-0.05, 0) is 38.1 Å². The average molecular weight is 293 g/mol. The van der Waals surface area contributed by atoms with Crippen LogP contribution in [0.15, 0.2) is 34.9 Å². The highest BCUT2D eigenvalue weighted by molar-refractivity contribution is 7.15. The monoisotopic (exact) mass is 293 g/mol. The van der Waals surface area contributed by atoms with Crippen LogP contribution in [0, 0.1) is 0 Å². The highest BCUT2D eigenvalue weighted by Crippen LogP contribution is 2.21. The van der Waals surface area contributed by atoms with E-state index in [4.69, 9.17) is 9.52 Å². The van der Waals surface area contributed by atoms with E-state index in [1.807, 2.05) is 13.8 Å². The van der Waals surface area contributed by atoms with Gasteiger partial charge in [0.2, 0.25) is 0 Å². The van der Waals surface area contributed by atoms with Gasteiger partial charge in [-0.25, -0.2) is 4.79 Å². The molecule has 20 heavy (non-hydrogen) atoms. The minimum Gasteiger partial charge on any atom is -0.477 e. The van der Waals surface area contributed by atoms with E-state index in [1.165, 1.54) is 6.07 Å². The van der Waals surface area contributed by atoms with Gasteiger partial charge in [-0.1, -0.05) is 0 Å². The molecule has 1 amide bonds. The van der Waals surface area contributed by atoms with Crippen molar-refractivity contribution in [1.82, 2.24) is 4.90 Å². The molecule has 106 valence electrons. The molecule has 2 aromatic heterocycles. The molecule has 0 bridgehead atoms. The standard InChI is InChI=1S/C14H15NO4S/c1-9(2)15(8-10-4-3-7-19-10)13(16)11-5-6-12(20-11)14(17)18/h3-7,9H,8H2,1-2H3,(H,17,18). The number of carbonyl (C=O) groups is 2. The molecule has 1 N–H and O–H groups in total. The number of carboxylic acid groups (broad SMARTS) is 1. The Balaban J connectivity index is 2.19.